The predicted molar refractivity (Wildman–Crippen MR) is 103 cm³/mol. The number of carbonyl (C=O) groups is 2. The van der Waals surface area contributed by atoms with Crippen LogP contribution in [0.1, 0.15) is 33.5 Å². The Morgan fingerprint density at radius 1 is 1.31 bits per heavy atom. The van der Waals surface area contributed by atoms with Crippen molar-refractivity contribution in [3.8, 4) is 5.75 Å². The molecule has 0 radical (unpaired) electrons. The molecule has 0 saturated heterocycles. The third-order valence-corrected chi connectivity index (χ3v) is 5.28. The van der Waals surface area contributed by atoms with Crippen molar-refractivity contribution in [3.05, 3.63) is 56.3 Å². The molecule has 0 bridgehead atoms. The van der Waals surface area contributed by atoms with E-state index < -0.39 is 28.8 Å². The van der Waals surface area contributed by atoms with Crippen LogP contribution in [0, 0.1) is 5.82 Å². The summed E-state index contributed by atoms with van der Waals surface area (Å²) in [6, 6.07) is 3.96. The summed E-state index contributed by atoms with van der Waals surface area (Å²) in [4.78, 5) is 39.3. The molecule has 0 atom stereocenters. The fourth-order valence-corrected chi connectivity index (χ4v) is 3.73. The molecule has 1 aromatic carbocycles. The Labute approximate surface area is 168 Å². The van der Waals surface area contributed by atoms with Crippen LogP contribution in [0.2, 0.25) is 5.02 Å². The van der Waals surface area contributed by atoms with Crippen molar-refractivity contribution in [3.63, 3.8) is 0 Å². The van der Waals surface area contributed by atoms with E-state index in [2.05, 4.69) is 5.10 Å². The highest BCUT2D eigenvalue weighted by molar-refractivity contribution is 6.30. The van der Waals surface area contributed by atoms with Crippen molar-refractivity contribution in [1.29, 1.82) is 0 Å². The van der Waals surface area contributed by atoms with Gasteiger partial charge in [-0.05, 0) is 17.7 Å². The van der Waals surface area contributed by atoms with E-state index in [4.69, 9.17) is 11.6 Å². The first-order chi connectivity index (χ1) is 13.7. The molecule has 0 fully saturated rings. The highest BCUT2D eigenvalue weighted by atomic mass is 35.5. The number of halogens is 2. The van der Waals surface area contributed by atoms with Gasteiger partial charge >= 0.3 is 0 Å². The van der Waals surface area contributed by atoms with Gasteiger partial charge in [0.05, 0.1) is 17.1 Å². The molecule has 4 rings (SSSR count). The van der Waals surface area contributed by atoms with Crippen LogP contribution < -0.4 is 5.56 Å². The van der Waals surface area contributed by atoms with Gasteiger partial charge in [-0.25, -0.2) is 9.07 Å². The van der Waals surface area contributed by atoms with Crippen LogP contribution in [-0.4, -0.2) is 49.6 Å². The van der Waals surface area contributed by atoms with Gasteiger partial charge < -0.3 is 14.6 Å². The summed E-state index contributed by atoms with van der Waals surface area (Å²) >= 11 is 5.80. The minimum Gasteiger partial charge on any atom is -0.505 e. The van der Waals surface area contributed by atoms with E-state index in [-0.39, 0.29) is 33.9 Å². The number of amides is 1. The summed E-state index contributed by atoms with van der Waals surface area (Å²) in [6.45, 7) is 1.87. The van der Waals surface area contributed by atoms with Crippen molar-refractivity contribution in [2.75, 3.05) is 13.6 Å². The first kappa shape index (κ1) is 19.1. The van der Waals surface area contributed by atoms with Crippen molar-refractivity contribution in [2.24, 2.45) is 0 Å². The first-order valence-electron chi connectivity index (χ1n) is 8.77. The molecule has 1 amide bonds. The Bertz CT molecular complexity index is 1260. The number of likely N-dealkylation sites (N-methyl/N-ethyl adjacent to an activating group) is 1. The Morgan fingerprint density at radius 3 is 2.69 bits per heavy atom. The predicted octanol–water partition coefficient (Wildman–Crippen LogP) is 2.03. The number of hydrogen-bond donors (Lipinski definition) is 1. The molecule has 29 heavy (non-hydrogen) atoms. The number of ketones is 1. The molecule has 2 aromatic heterocycles. The zero-order valence-electron chi connectivity index (χ0n) is 15.6. The number of rotatable bonds is 3. The highest BCUT2D eigenvalue weighted by Gasteiger charge is 2.33. The van der Waals surface area contributed by atoms with Crippen LogP contribution in [0.3, 0.4) is 0 Å². The smallest absolute Gasteiger partial charge is 0.280 e. The monoisotopic (exact) mass is 418 g/mol. The standard InChI is InChI=1S/C19H16ClFN4O4/c1-9(26)14-15-13(17(27)16-19(29)23(2)5-6-24(15)16)18(28)25(22-14)8-10-3-4-12(21)11(20)7-10/h3-4,7,27H,5-6,8H2,1-2H3. The van der Waals surface area contributed by atoms with Gasteiger partial charge in [0.25, 0.3) is 11.5 Å². The summed E-state index contributed by atoms with van der Waals surface area (Å²) in [5, 5.41) is 14.6. The second-order valence-electron chi connectivity index (χ2n) is 6.92. The van der Waals surface area contributed by atoms with Crippen LogP contribution in [0.25, 0.3) is 10.9 Å². The number of fused-ring (bicyclic) bond motifs is 3. The van der Waals surface area contributed by atoms with E-state index in [0.717, 1.165) is 10.7 Å². The van der Waals surface area contributed by atoms with E-state index in [1.54, 1.807) is 7.05 Å². The maximum Gasteiger partial charge on any atom is 0.280 e. The molecular formula is C19H16ClFN4O4. The number of hydrogen-bond acceptors (Lipinski definition) is 5. The molecular weight excluding hydrogens is 403 g/mol. The normalized spacial score (nSPS) is 13.8. The minimum atomic E-state index is -0.666. The minimum absolute atomic E-state index is 0.0355. The largest absolute Gasteiger partial charge is 0.505 e. The second kappa shape index (κ2) is 6.70. The molecule has 150 valence electrons. The van der Waals surface area contributed by atoms with E-state index >= 15 is 0 Å². The van der Waals surface area contributed by atoms with Gasteiger partial charge in [0, 0.05) is 27.1 Å². The van der Waals surface area contributed by atoms with Crippen LogP contribution in [0.4, 0.5) is 4.39 Å². The number of aromatic hydroxyl groups is 1. The van der Waals surface area contributed by atoms with Crippen molar-refractivity contribution in [1.82, 2.24) is 19.2 Å². The van der Waals surface area contributed by atoms with Crippen LogP contribution in [0.5, 0.6) is 5.75 Å². The van der Waals surface area contributed by atoms with Gasteiger partial charge in [-0.3, -0.25) is 14.4 Å². The fraction of sp³-hybridized carbons (Fsp3) is 0.263. The molecule has 3 heterocycles. The Morgan fingerprint density at radius 2 is 2.03 bits per heavy atom. The molecule has 1 aliphatic rings. The summed E-state index contributed by atoms with van der Waals surface area (Å²) < 4.78 is 15.9. The lowest BCUT2D eigenvalue weighted by Gasteiger charge is -2.25. The maximum absolute atomic E-state index is 13.4. The van der Waals surface area contributed by atoms with Crippen LogP contribution >= 0.6 is 11.6 Å². The average molecular weight is 419 g/mol. The first-order valence-corrected chi connectivity index (χ1v) is 9.15. The quantitative estimate of drug-likeness (QED) is 0.656. The Balaban J connectivity index is 1.99. The maximum atomic E-state index is 13.4. The highest BCUT2D eigenvalue weighted by Crippen LogP contribution is 2.34. The van der Waals surface area contributed by atoms with Crippen LogP contribution in [-0.2, 0) is 13.1 Å². The molecule has 3 aromatic rings. The lowest BCUT2D eigenvalue weighted by atomic mass is 10.2. The molecule has 0 saturated carbocycles. The SMILES string of the molecule is CC(=O)c1nn(Cc2ccc(F)c(Cl)c2)c(=O)c2c(O)c3n(c12)CCN(C)C3=O. The van der Waals surface area contributed by atoms with Gasteiger partial charge in [-0.2, -0.15) is 5.10 Å². The third-order valence-electron chi connectivity index (χ3n) is 4.99. The number of Topliss-reactive ketones (excluding diaryl/α,β-unsaturated/α-hetero) is 1. The number of carbonyl (C=O) groups excluding carboxylic acids is 2. The number of nitrogens with zero attached hydrogens (tertiary/aromatic N) is 4. The Hall–Kier alpha value is -3.20. The lowest BCUT2D eigenvalue weighted by molar-refractivity contribution is 0.0746. The van der Waals surface area contributed by atoms with E-state index in [9.17, 15) is 23.9 Å². The Kier molecular flexibility index (Phi) is 4.42. The number of benzene rings is 1. The summed E-state index contributed by atoms with van der Waals surface area (Å²) in [5.74, 6) is -1.95. The van der Waals surface area contributed by atoms with Gasteiger partial charge in [-0.15, -0.1) is 0 Å². The van der Waals surface area contributed by atoms with Crippen molar-refractivity contribution in [2.45, 2.75) is 20.0 Å². The van der Waals surface area contributed by atoms with Gasteiger partial charge in [0.15, 0.2) is 22.9 Å². The van der Waals surface area contributed by atoms with Crippen LogP contribution in [0.15, 0.2) is 23.0 Å². The number of aromatic nitrogens is 3. The average Bonchev–Trinajstić information content (AvgIpc) is 2.97. The topological polar surface area (TPSA) is 97.4 Å². The summed E-state index contributed by atoms with van der Waals surface area (Å²) in [7, 11) is 1.59. The lowest BCUT2D eigenvalue weighted by Crippen LogP contribution is -2.37. The van der Waals surface area contributed by atoms with E-state index in [1.807, 2.05) is 0 Å². The molecule has 10 heteroatoms. The molecule has 8 nitrogen and oxygen atoms in total. The molecule has 1 aliphatic heterocycles. The van der Waals surface area contributed by atoms with Gasteiger partial charge in [-0.1, -0.05) is 17.7 Å². The molecule has 0 unspecified atom stereocenters. The van der Waals surface area contributed by atoms with Gasteiger partial charge in [0.2, 0.25) is 0 Å². The van der Waals surface area contributed by atoms with Crippen molar-refractivity contribution >= 4 is 34.2 Å². The van der Waals surface area contributed by atoms with Gasteiger partial charge in [0.1, 0.15) is 11.2 Å². The molecule has 0 aliphatic carbocycles. The third kappa shape index (κ3) is 2.89. The summed E-state index contributed by atoms with van der Waals surface area (Å²) in [6.07, 6.45) is 0. The van der Waals surface area contributed by atoms with Crippen molar-refractivity contribution < 1.29 is 19.1 Å². The van der Waals surface area contributed by atoms with E-state index in [0.29, 0.717) is 18.7 Å². The summed E-state index contributed by atoms with van der Waals surface area (Å²) in [5.41, 5.74) is -0.117. The fourth-order valence-electron chi connectivity index (χ4n) is 3.52. The second-order valence-corrected chi connectivity index (χ2v) is 7.32. The molecule has 1 N–H and O–H groups in total. The zero-order chi connectivity index (χ0) is 21.0. The zero-order valence-corrected chi connectivity index (χ0v) is 16.3. The molecule has 0 spiro atoms. The van der Waals surface area contributed by atoms with E-state index in [1.165, 1.54) is 28.5 Å².